The highest BCUT2D eigenvalue weighted by atomic mass is 19.1. The summed E-state index contributed by atoms with van der Waals surface area (Å²) in [4.78, 5) is 26.9. The Morgan fingerprint density at radius 1 is 1.08 bits per heavy atom. The number of nitriles is 1. The molecule has 5 aromatic rings. The van der Waals surface area contributed by atoms with Gasteiger partial charge in [-0.05, 0) is 61.7 Å². The van der Waals surface area contributed by atoms with Crippen LogP contribution in [-0.4, -0.2) is 59.3 Å². The summed E-state index contributed by atoms with van der Waals surface area (Å²) in [5, 5.41) is 18.0. The number of imidazole rings is 2. The Morgan fingerprint density at radius 3 is 2.67 bits per heavy atom. The molecule has 1 aliphatic heterocycles. The molecule has 1 aliphatic rings. The minimum atomic E-state index is -1.01. The summed E-state index contributed by atoms with van der Waals surface area (Å²) in [6.07, 6.45) is 7.61. The molecule has 3 aromatic heterocycles. The van der Waals surface area contributed by atoms with E-state index in [0.29, 0.717) is 25.9 Å². The Kier molecular flexibility index (Phi) is 9.73. The zero-order chi connectivity index (χ0) is 33.6. The molecule has 2 aromatic carbocycles. The van der Waals surface area contributed by atoms with Gasteiger partial charge in [0.05, 0.1) is 47.8 Å². The van der Waals surface area contributed by atoms with Gasteiger partial charge < -0.3 is 23.7 Å². The lowest BCUT2D eigenvalue weighted by Crippen LogP contribution is -2.38. The number of carboxylic acid groups (broad SMARTS) is 1. The smallest absolute Gasteiger partial charge is 0.328 e. The van der Waals surface area contributed by atoms with Gasteiger partial charge >= 0.3 is 5.97 Å². The summed E-state index contributed by atoms with van der Waals surface area (Å²) in [5.41, 5.74) is 3.89. The molecule has 6 rings (SSSR count). The van der Waals surface area contributed by atoms with E-state index < -0.39 is 17.6 Å². The molecule has 0 radical (unpaired) electrons. The molecule has 0 spiro atoms. The molecular formula is C35H33F2N7O4. The molecule has 0 saturated carbocycles. The van der Waals surface area contributed by atoms with Crippen molar-refractivity contribution in [1.29, 1.82) is 5.26 Å². The van der Waals surface area contributed by atoms with Crippen LogP contribution in [0.5, 0.6) is 11.8 Å². The van der Waals surface area contributed by atoms with Gasteiger partial charge in [0.15, 0.2) is 5.82 Å². The van der Waals surface area contributed by atoms with Crippen LogP contribution in [0.1, 0.15) is 48.0 Å². The first kappa shape index (κ1) is 32.3. The number of aromatic nitrogens is 5. The highest BCUT2D eigenvalue weighted by Crippen LogP contribution is 2.26. The number of ether oxygens (including phenoxy) is 2. The number of halogens is 2. The number of hydrogen-bond donors (Lipinski definition) is 1. The third-order valence-electron chi connectivity index (χ3n) is 8.25. The number of hydrogen-bond acceptors (Lipinski definition) is 8. The van der Waals surface area contributed by atoms with E-state index in [4.69, 9.17) is 24.8 Å². The maximum absolute atomic E-state index is 14.5. The molecule has 0 bridgehead atoms. The van der Waals surface area contributed by atoms with Crippen LogP contribution in [0.4, 0.5) is 8.78 Å². The van der Waals surface area contributed by atoms with Gasteiger partial charge in [0, 0.05) is 43.5 Å². The predicted octanol–water partition coefficient (Wildman–Crippen LogP) is 5.57. The molecule has 1 saturated heterocycles. The van der Waals surface area contributed by atoms with Gasteiger partial charge in [-0.2, -0.15) is 10.2 Å². The van der Waals surface area contributed by atoms with Crippen LogP contribution in [0.15, 0.2) is 67.1 Å². The number of aryl methyl sites for hydroxylation is 1. The van der Waals surface area contributed by atoms with Crippen molar-refractivity contribution >= 4 is 23.1 Å². The zero-order valence-electron chi connectivity index (χ0n) is 26.2. The van der Waals surface area contributed by atoms with Crippen LogP contribution in [0.2, 0.25) is 0 Å². The average Bonchev–Trinajstić information content (AvgIpc) is 3.68. The van der Waals surface area contributed by atoms with Gasteiger partial charge in [-0.1, -0.05) is 12.1 Å². The molecular weight excluding hydrogens is 620 g/mol. The van der Waals surface area contributed by atoms with Crippen LogP contribution in [-0.2, 0) is 31.0 Å². The molecule has 48 heavy (non-hydrogen) atoms. The van der Waals surface area contributed by atoms with E-state index >= 15 is 0 Å². The monoisotopic (exact) mass is 653 g/mol. The lowest BCUT2D eigenvalue weighted by molar-refractivity contribution is -0.131. The first-order valence-electron chi connectivity index (χ1n) is 15.6. The molecule has 246 valence electrons. The highest BCUT2D eigenvalue weighted by molar-refractivity contribution is 5.87. The largest absolute Gasteiger partial charge is 0.478 e. The molecule has 0 atom stereocenters. The summed E-state index contributed by atoms with van der Waals surface area (Å²) in [6, 6.07) is 14.2. The molecule has 0 aliphatic carbocycles. The standard InChI is InChI=1S/C35H33F2N7O4/c1-2-43-22-39-18-26(43)19-44-31-16-23(5-10-34(45)46)4-8-30(31)40-32(44)20-42-13-11-27(12-14-42)48-33-9-7-28(36)35(41-33)47-21-25-6-3-24(17-38)15-29(25)37/h3-10,15-16,18,22,27H,2,11-14,19-21H2,1H3,(H,45,46)/b10-5+. The predicted molar refractivity (Wildman–Crippen MR) is 172 cm³/mol. The Hall–Kier alpha value is -5.61. The van der Waals surface area contributed by atoms with E-state index in [1.54, 1.807) is 12.4 Å². The van der Waals surface area contributed by atoms with Crippen LogP contribution in [0.25, 0.3) is 17.1 Å². The van der Waals surface area contributed by atoms with Crippen molar-refractivity contribution < 1.29 is 28.2 Å². The minimum Gasteiger partial charge on any atom is -0.478 e. The van der Waals surface area contributed by atoms with Crippen LogP contribution < -0.4 is 9.47 Å². The maximum Gasteiger partial charge on any atom is 0.328 e. The second kappa shape index (κ2) is 14.4. The Labute approximate surface area is 275 Å². The number of carbonyl (C=O) groups is 1. The summed E-state index contributed by atoms with van der Waals surface area (Å²) >= 11 is 0. The van der Waals surface area contributed by atoms with Crippen molar-refractivity contribution in [3.63, 3.8) is 0 Å². The lowest BCUT2D eigenvalue weighted by atomic mass is 10.1. The lowest BCUT2D eigenvalue weighted by Gasteiger charge is -2.31. The van der Waals surface area contributed by atoms with E-state index in [0.717, 1.165) is 59.9 Å². The summed E-state index contributed by atoms with van der Waals surface area (Å²) in [7, 11) is 0. The van der Waals surface area contributed by atoms with Crippen molar-refractivity contribution in [2.75, 3.05) is 13.1 Å². The van der Waals surface area contributed by atoms with E-state index in [1.807, 2.05) is 30.5 Å². The number of fused-ring (bicyclic) bond motifs is 1. The number of aliphatic carboxylic acids is 1. The van der Waals surface area contributed by atoms with Crippen LogP contribution in [0.3, 0.4) is 0 Å². The van der Waals surface area contributed by atoms with E-state index in [9.17, 15) is 13.6 Å². The number of likely N-dealkylation sites (tertiary alicyclic amines) is 1. The Morgan fingerprint density at radius 2 is 1.92 bits per heavy atom. The van der Waals surface area contributed by atoms with Crippen molar-refractivity contribution in [3.05, 3.63) is 107 Å². The maximum atomic E-state index is 14.5. The second-order valence-electron chi connectivity index (χ2n) is 11.4. The number of nitrogens with zero attached hydrogens (tertiary/aromatic N) is 7. The van der Waals surface area contributed by atoms with Crippen molar-refractivity contribution in [1.82, 2.24) is 29.0 Å². The fraction of sp³-hybridized carbons (Fsp3) is 0.286. The third kappa shape index (κ3) is 7.50. The molecule has 13 heteroatoms. The number of benzene rings is 2. The third-order valence-corrected chi connectivity index (χ3v) is 8.25. The zero-order valence-corrected chi connectivity index (χ0v) is 26.2. The number of piperidine rings is 1. The van der Waals surface area contributed by atoms with Gasteiger partial charge in [0.25, 0.3) is 5.88 Å². The Balaban J connectivity index is 1.12. The van der Waals surface area contributed by atoms with E-state index in [1.165, 1.54) is 24.3 Å². The number of rotatable bonds is 12. The quantitative estimate of drug-likeness (QED) is 0.172. The number of pyridine rings is 1. The summed E-state index contributed by atoms with van der Waals surface area (Å²) < 4.78 is 44.5. The summed E-state index contributed by atoms with van der Waals surface area (Å²) in [6.45, 7) is 5.21. The van der Waals surface area contributed by atoms with Crippen molar-refractivity contribution in [3.8, 4) is 17.8 Å². The molecule has 0 amide bonds. The number of carboxylic acids is 1. The van der Waals surface area contributed by atoms with Crippen LogP contribution in [0, 0.1) is 23.0 Å². The molecule has 1 N–H and O–H groups in total. The highest BCUT2D eigenvalue weighted by Gasteiger charge is 2.24. The van der Waals surface area contributed by atoms with E-state index in [-0.39, 0.29) is 35.6 Å². The van der Waals surface area contributed by atoms with Gasteiger partial charge in [-0.15, -0.1) is 0 Å². The van der Waals surface area contributed by atoms with Gasteiger partial charge in [-0.25, -0.2) is 23.5 Å². The summed E-state index contributed by atoms with van der Waals surface area (Å²) in [5.74, 6) is -1.52. The fourth-order valence-electron chi connectivity index (χ4n) is 5.69. The average molecular weight is 654 g/mol. The topological polar surface area (TPSA) is 131 Å². The normalized spacial score (nSPS) is 14.0. The first-order chi connectivity index (χ1) is 23.3. The first-order valence-corrected chi connectivity index (χ1v) is 15.6. The van der Waals surface area contributed by atoms with Crippen molar-refractivity contribution in [2.45, 2.75) is 52.1 Å². The molecule has 1 fully saturated rings. The fourth-order valence-corrected chi connectivity index (χ4v) is 5.69. The van der Waals surface area contributed by atoms with E-state index in [2.05, 4.69) is 30.9 Å². The molecule has 0 unspecified atom stereocenters. The second-order valence-corrected chi connectivity index (χ2v) is 11.4. The van der Waals surface area contributed by atoms with Crippen molar-refractivity contribution in [2.24, 2.45) is 0 Å². The van der Waals surface area contributed by atoms with Crippen LogP contribution >= 0.6 is 0 Å². The van der Waals surface area contributed by atoms with Gasteiger partial charge in [-0.3, -0.25) is 4.90 Å². The SMILES string of the molecule is CCn1cncc1Cn1c(CN2CCC(Oc3ccc(F)c(OCc4ccc(C#N)cc4F)n3)CC2)nc2ccc(/C=C/C(=O)O)cc21. The minimum absolute atomic E-state index is 0.149. The van der Waals surface area contributed by atoms with Gasteiger partial charge in [0.1, 0.15) is 24.4 Å². The molecule has 11 nitrogen and oxygen atoms in total. The Bertz CT molecular complexity index is 2010. The molecule has 4 heterocycles. The van der Waals surface area contributed by atoms with Gasteiger partial charge in [0.2, 0.25) is 5.88 Å².